The number of hydrogen-bond acceptors (Lipinski definition) is 5. The Morgan fingerprint density at radius 3 is 2.84 bits per heavy atom. The monoisotopic (exact) mass is 305 g/mol. The summed E-state index contributed by atoms with van der Waals surface area (Å²) in [6.45, 7) is 1.89. The van der Waals surface area contributed by atoms with Gasteiger partial charge in [0.05, 0.1) is 10.5 Å². The van der Waals surface area contributed by atoms with E-state index in [1.807, 2.05) is 0 Å². The topological polar surface area (TPSA) is 102 Å². The van der Waals surface area contributed by atoms with Crippen molar-refractivity contribution in [3.05, 3.63) is 33.1 Å². The van der Waals surface area contributed by atoms with Crippen LogP contribution in [0.2, 0.25) is 5.15 Å². The number of nitrogens with zero attached hydrogens (tertiary/aromatic N) is 2. The van der Waals surface area contributed by atoms with Crippen LogP contribution in [0.1, 0.15) is 17.3 Å². The van der Waals surface area contributed by atoms with E-state index in [4.69, 9.17) is 11.6 Å². The normalized spacial score (nSPS) is 13.6. The van der Waals surface area contributed by atoms with Gasteiger partial charge in [0.25, 0.3) is 11.6 Å². The molecule has 0 saturated carbocycles. The highest BCUT2D eigenvalue weighted by Gasteiger charge is 2.18. The van der Waals surface area contributed by atoms with Crippen LogP contribution in [0, 0.1) is 10.1 Å². The molecule has 0 fully saturated rings. The molecule has 7 nitrogen and oxygen atoms in total. The first-order valence-electron chi connectivity index (χ1n) is 5.23. The maximum atomic E-state index is 11.8. The number of aromatic nitrogens is 1. The largest absolute Gasteiger partial charge is 0.351 e. The Kier molecular flexibility index (Phi) is 5.37. The van der Waals surface area contributed by atoms with E-state index in [1.54, 1.807) is 6.92 Å². The van der Waals surface area contributed by atoms with Gasteiger partial charge in [0.1, 0.15) is 11.3 Å². The zero-order chi connectivity index (χ0) is 14.6. The van der Waals surface area contributed by atoms with Gasteiger partial charge in [-0.05, 0) is 6.92 Å². The van der Waals surface area contributed by atoms with Gasteiger partial charge in [-0.3, -0.25) is 19.1 Å². The van der Waals surface area contributed by atoms with E-state index in [0.717, 1.165) is 12.3 Å². The van der Waals surface area contributed by atoms with Crippen LogP contribution >= 0.6 is 11.6 Å². The highest BCUT2D eigenvalue weighted by atomic mass is 35.5. The van der Waals surface area contributed by atoms with E-state index in [2.05, 4.69) is 10.3 Å². The van der Waals surface area contributed by atoms with Crippen LogP contribution in [-0.4, -0.2) is 38.1 Å². The second-order valence-corrected chi connectivity index (χ2v) is 5.97. The quantitative estimate of drug-likeness (QED) is 0.499. The van der Waals surface area contributed by atoms with Crippen molar-refractivity contribution in [2.45, 2.75) is 12.2 Å². The van der Waals surface area contributed by atoms with Crippen molar-refractivity contribution in [3.8, 4) is 0 Å². The molecule has 0 aromatic carbocycles. The van der Waals surface area contributed by atoms with Gasteiger partial charge < -0.3 is 5.32 Å². The summed E-state index contributed by atoms with van der Waals surface area (Å²) < 4.78 is 11.1. The van der Waals surface area contributed by atoms with E-state index in [1.165, 1.54) is 6.26 Å². The molecule has 1 amide bonds. The zero-order valence-electron chi connectivity index (χ0n) is 10.3. The Morgan fingerprint density at radius 2 is 2.32 bits per heavy atom. The van der Waals surface area contributed by atoms with Crippen molar-refractivity contribution < 1.29 is 13.9 Å². The molecule has 1 rings (SSSR count). The molecular weight excluding hydrogens is 294 g/mol. The number of amides is 1. The summed E-state index contributed by atoms with van der Waals surface area (Å²) >= 11 is 5.72. The van der Waals surface area contributed by atoms with E-state index < -0.39 is 21.6 Å². The molecule has 0 aliphatic heterocycles. The molecule has 0 bridgehead atoms. The number of carbonyl (C=O) groups excluding carboxylic acids is 1. The van der Waals surface area contributed by atoms with Gasteiger partial charge >= 0.3 is 0 Å². The third kappa shape index (κ3) is 4.25. The minimum atomic E-state index is -1.07. The van der Waals surface area contributed by atoms with Crippen molar-refractivity contribution >= 4 is 34.0 Å². The second-order valence-electron chi connectivity index (χ2n) is 3.81. The summed E-state index contributed by atoms with van der Waals surface area (Å²) in [7, 11) is -1.07. The Hall–Kier alpha value is -1.54. The second kappa shape index (κ2) is 6.58. The zero-order valence-corrected chi connectivity index (χ0v) is 11.8. The molecule has 9 heteroatoms. The Bertz CT molecular complexity index is 538. The number of nitrogens with one attached hydrogen (secondary N) is 1. The van der Waals surface area contributed by atoms with Gasteiger partial charge in [0.2, 0.25) is 0 Å². The molecule has 19 heavy (non-hydrogen) atoms. The lowest BCUT2D eigenvalue weighted by molar-refractivity contribution is -0.385. The molecule has 0 spiro atoms. The van der Waals surface area contributed by atoms with Crippen LogP contribution in [0.5, 0.6) is 0 Å². The first-order chi connectivity index (χ1) is 8.82. The molecular formula is C10H12ClN3O4S. The third-order valence-electron chi connectivity index (χ3n) is 2.40. The summed E-state index contributed by atoms with van der Waals surface area (Å²) in [5.74, 6) is -0.585. The highest BCUT2D eigenvalue weighted by molar-refractivity contribution is 7.84. The molecule has 0 aliphatic rings. The first-order valence-corrected chi connectivity index (χ1v) is 7.23. The van der Waals surface area contributed by atoms with Crippen molar-refractivity contribution in [2.24, 2.45) is 0 Å². The van der Waals surface area contributed by atoms with Crippen LogP contribution in [0.4, 0.5) is 5.69 Å². The number of hydrogen-bond donors (Lipinski definition) is 1. The molecule has 0 aliphatic carbocycles. The molecule has 104 valence electrons. The third-order valence-corrected chi connectivity index (χ3v) is 4.00. The predicted molar refractivity (Wildman–Crippen MR) is 71.8 cm³/mol. The molecule has 1 aromatic heterocycles. The van der Waals surface area contributed by atoms with Crippen molar-refractivity contribution in [3.63, 3.8) is 0 Å². The van der Waals surface area contributed by atoms with E-state index in [9.17, 15) is 19.1 Å². The van der Waals surface area contributed by atoms with Crippen molar-refractivity contribution in [1.29, 1.82) is 0 Å². The molecule has 1 N–H and O–H groups in total. The van der Waals surface area contributed by atoms with Gasteiger partial charge in [-0.2, -0.15) is 0 Å². The summed E-state index contributed by atoms with van der Waals surface area (Å²) in [4.78, 5) is 25.3. The SMILES string of the molecule is CC(CNC(=O)c1cc([N+](=O)[O-])cnc1Cl)S(C)=O. The molecule has 0 saturated heterocycles. The summed E-state index contributed by atoms with van der Waals surface area (Å²) in [6, 6.07) is 1.05. The summed E-state index contributed by atoms with van der Waals surface area (Å²) in [5, 5.41) is 12.8. The smallest absolute Gasteiger partial charge is 0.288 e. The predicted octanol–water partition coefficient (Wildman–Crippen LogP) is 1.14. The van der Waals surface area contributed by atoms with E-state index in [0.29, 0.717) is 0 Å². The molecule has 1 heterocycles. The van der Waals surface area contributed by atoms with Gasteiger partial charge in [-0.15, -0.1) is 0 Å². The maximum Gasteiger partial charge on any atom is 0.288 e. The molecule has 2 unspecified atom stereocenters. The van der Waals surface area contributed by atoms with Crippen LogP contribution in [0.3, 0.4) is 0 Å². The Labute approximate surface area is 117 Å². The maximum absolute atomic E-state index is 11.8. The number of rotatable bonds is 5. The summed E-state index contributed by atoms with van der Waals surface area (Å²) in [6.07, 6.45) is 2.50. The molecule has 1 aromatic rings. The number of pyridine rings is 1. The number of carbonyl (C=O) groups is 1. The Morgan fingerprint density at radius 1 is 1.68 bits per heavy atom. The van der Waals surface area contributed by atoms with Crippen molar-refractivity contribution in [2.75, 3.05) is 12.8 Å². The van der Waals surface area contributed by atoms with Gasteiger partial charge in [0, 0.05) is 34.9 Å². The summed E-state index contributed by atoms with van der Waals surface area (Å²) in [5.41, 5.74) is -0.397. The fourth-order valence-corrected chi connectivity index (χ4v) is 1.65. The van der Waals surface area contributed by atoms with Crippen LogP contribution < -0.4 is 5.32 Å². The fraction of sp³-hybridized carbons (Fsp3) is 0.400. The molecule has 2 atom stereocenters. The van der Waals surface area contributed by atoms with Crippen molar-refractivity contribution in [1.82, 2.24) is 10.3 Å². The lowest BCUT2D eigenvalue weighted by Gasteiger charge is -2.10. The van der Waals surface area contributed by atoms with Crippen LogP contribution in [0.15, 0.2) is 12.3 Å². The fourth-order valence-electron chi connectivity index (χ4n) is 1.15. The van der Waals surface area contributed by atoms with Crippen LogP contribution in [0.25, 0.3) is 0 Å². The standard InChI is InChI=1S/C10H12ClN3O4S/c1-6(19(2)18)4-13-10(15)8-3-7(14(16)17)5-12-9(8)11/h3,5-6H,4H2,1-2H3,(H,13,15). The minimum Gasteiger partial charge on any atom is -0.351 e. The average Bonchev–Trinajstić information content (AvgIpc) is 2.35. The molecule has 0 radical (unpaired) electrons. The number of nitro groups is 1. The lowest BCUT2D eigenvalue weighted by atomic mass is 10.2. The highest BCUT2D eigenvalue weighted by Crippen LogP contribution is 2.18. The Balaban J connectivity index is 2.84. The average molecular weight is 306 g/mol. The van der Waals surface area contributed by atoms with E-state index >= 15 is 0 Å². The van der Waals surface area contributed by atoms with Gasteiger partial charge in [-0.1, -0.05) is 11.6 Å². The lowest BCUT2D eigenvalue weighted by Crippen LogP contribution is -2.32. The number of halogens is 1. The van der Waals surface area contributed by atoms with Gasteiger partial charge in [-0.25, -0.2) is 4.98 Å². The van der Waals surface area contributed by atoms with E-state index in [-0.39, 0.29) is 28.2 Å². The van der Waals surface area contributed by atoms with Gasteiger partial charge in [0.15, 0.2) is 0 Å². The minimum absolute atomic E-state index is 0.0787. The van der Waals surface area contributed by atoms with Crippen LogP contribution in [-0.2, 0) is 10.8 Å². The first kappa shape index (κ1) is 15.5.